The molecule has 0 saturated heterocycles. The molecule has 0 aliphatic carbocycles. The van der Waals surface area contributed by atoms with Crippen LogP contribution in [0.15, 0.2) is 18.2 Å². The minimum absolute atomic E-state index is 0.967. The fourth-order valence-electron chi connectivity index (χ4n) is 1.42. The van der Waals surface area contributed by atoms with Crippen molar-refractivity contribution in [1.82, 2.24) is 0 Å². The van der Waals surface area contributed by atoms with Gasteiger partial charge in [0.15, 0.2) is 0 Å². The quantitative estimate of drug-likeness (QED) is 0.595. The van der Waals surface area contributed by atoms with Gasteiger partial charge in [-0.1, -0.05) is 12.1 Å². The molecule has 1 aliphatic rings. The first-order valence-corrected chi connectivity index (χ1v) is 4.97. The van der Waals surface area contributed by atoms with Crippen molar-refractivity contribution in [1.29, 1.82) is 0 Å². The molecule has 0 spiro atoms. The summed E-state index contributed by atoms with van der Waals surface area (Å²) in [6.45, 7) is 0. The van der Waals surface area contributed by atoms with Gasteiger partial charge in [-0.2, -0.15) is 11.8 Å². The third kappa shape index (κ3) is 1.23. The van der Waals surface area contributed by atoms with Crippen molar-refractivity contribution in [2.45, 2.75) is 12.2 Å². The molecule has 0 saturated carbocycles. The lowest BCUT2D eigenvalue weighted by Gasteiger charge is -2.16. The number of thioether (sulfide) groups is 1. The topological polar surface area (TPSA) is 26.0 Å². The molecule has 0 aromatic heterocycles. The predicted molar refractivity (Wildman–Crippen MR) is 50.7 cm³/mol. The van der Waals surface area contributed by atoms with Crippen LogP contribution in [0.4, 0.5) is 5.69 Å². The minimum atomic E-state index is 0.967. The Morgan fingerprint density at radius 1 is 1.36 bits per heavy atom. The molecule has 0 amide bonds. The summed E-state index contributed by atoms with van der Waals surface area (Å²) >= 11 is 1.97. The number of anilines is 1. The van der Waals surface area contributed by atoms with Gasteiger partial charge in [0.2, 0.25) is 0 Å². The van der Waals surface area contributed by atoms with E-state index in [4.69, 9.17) is 5.73 Å². The van der Waals surface area contributed by atoms with Gasteiger partial charge in [0.05, 0.1) is 0 Å². The van der Waals surface area contributed by atoms with Crippen LogP contribution in [0.3, 0.4) is 0 Å². The molecule has 0 bridgehead atoms. The molecule has 2 rings (SSSR count). The normalized spacial score (nSPS) is 16.0. The summed E-state index contributed by atoms with van der Waals surface area (Å²) in [7, 11) is 0. The molecule has 1 heterocycles. The van der Waals surface area contributed by atoms with Crippen molar-refractivity contribution in [3.63, 3.8) is 0 Å². The zero-order valence-corrected chi connectivity index (χ0v) is 7.16. The van der Waals surface area contributed by atoms with E-state index in [0.29, 0.717) is 0 Å². The Bertz CT molecular complexity index is 270. The van der Waals surface area contributed by atoms with Crippen LogP contribution in [0.2, 0.25) is 0 Å². The van der Waals surface area contributed by atoms with Crippen molar-refractivity contribution < 1.29 is 0 Å². The fourth-order valence-corrected chi connectivity index (χ4v) is 2.49. The van der Waals surface area contributed by atoms with Gasteiger partial charge in [0.25, 0.3) is 0 Å². The molecule has 1 aromatic carbocycles. The molecule has 0 fully saturated rings. The van der Waals surface area contributed by atoms with Crippen LogP contribution in [-0.2, 0) is 12.2 Å². The maximum absolute atomic E-state index is 5.83. The second-order valence-electron chi connectivity index (χ2n) is 2.79. The van der Waals surface area contributed by atoms with Gasteiger partial charge in [0.1, 0.15) is 0 Å². The van der Waals surface area contributed by atoms with E-state index >= 15 is 0 Å². The summed E-state index contributed by atoms with van der Waals surface area (Å²) in [5.74, 6) is 2.35. The standard InChI is InChI=1S/C9H11NS/c10-9-3-1-2-7-4-5-11-6-8(7)9/h1-3H,4-6,10H2. The summed E-state index contributed by atoms with van der Waals surface area (Å²) in [5.41, 5.74) is 9.61. The smallest absolute Gasteiger partial charge is 0.0357 e. The molecule has 0 unspecified atom stereocenters. The first-order valence-electron chi connectivity index (χ1n) is 3.82. The molecule has 1 aromatic rings. The number of aryl methyl sites for hydroxylation is 1. The Hall–Kier alpha value is -0.630. The Morgan fingerprint density at radius 2 is 2.27 bits per heavy atom. The monoisotopic (exact) mass is 165 g/mol. The number of benzene rings is 1. The number of nitrogen functional groups attached to an aromatic ring is 1. The van der Waals surface area contributed by atoms with E-state index in [-0.39, 0.29) is 0 Å². The van der Waals surface area contributed by atoms with Crippen LogP contribution in [-0.4, -0.2) is 5.75 Å². The number of rotatable bonds is 0. The maximum Gasteiger partial charge on any atom is 0.0357 e. The molecule has 1 aliphatic heterocycles. The molecular weight excluding hydrogens is 154 g/mol. The molecule has 0 atom stereocenters. The Morgan fingerprint density at radius 3 is 3.09 bits per heavy atom. The highest BCUT2D eigenvalue weighted by atomic mass is 32.2. The van der Waals surface area contributed by atoms with Gasteiger partial charge in [-0.3, -0.25) is 0 Å². The third-order valence-electron chi connectivity index (χ3n) is 2.07. The Balaban J connectivity index is 2.49. The largest absolute Gasteiger partial charge is 0.398 e. The molecule has 11 heavy (non-hydrogen) atoms. The molecular formula is C9H11NS. The molecule has 2 N–H and O–H groups in total. The van der Waals surface area contributed by atoms with Crippen molar-refractivity contribution in [3.05, 3.63) is 29.3 Å². The van der Waals surface area contributed by atoms with E-state index in [0.717, 1.165) is 11.4 Å². The van der Waals surface area contributed by atoms with E-state index in [9.17, 15) is 0 Å². The molecule has 0 radical (unpaired) electrons. The predicted octanol–water partition coefficient (Wildman–Crippen LogP) is 2.06. The SMILES string of the molecule is Nc1cccc2c1CSCC2. The van der Waals surface area contributed by atoms with Crippen LogP contribution >= 0.6 is 11.8 Å². The molecule has 58 valence electrons. The van der Waals surface area contributed by atoms with Crippen molar-refractivity contribution in [2.24, 2.45) is 0 Å². The summed E-state index contributed by atoms with van der Waals surface area (Å²) in [5, 5.41) is 0. The van der Waals surface area contributed by atoms with Crippen LogP contribution in [0.5, 0.6) is 0 Å². The van der Waals surface area contributed by atoms with Gasteiger partial charge in [-0.25, -0.2) is 0 Å². The van der Waals surface area contributed by atoms with Gasteiger partial charge >= 0.3 is 0 Å². The van der Waals surface area contributed by atoms with Gasteiger partial charge in [-0.15, -0.1) is 0 Å². The third-order valence-corrected chi connectivity index (χ3v) is 3.06. The second kappa shape index (κ2) is 2.78. The van der Waals surface area contributed by atoms with Crippen molar-refractivity contribution in [2.75, 3.05) is 11.5 Å². The van der Waals surface area contributed by atoms with Crippen molar-refractivity contribution in [3.8, 4) is 0 Å². The molecule has 2 heteroatoms. The summed E-state index contributed by atoms with van der Waals surface area (Å²) in [6, 6.07) is 6.22. The lowest BCUT2D eigenvalue weighted by atomic mass is 10.0. The zero-order valence-electron chi connectivity index (χ0n) is 6.34. The average molecular weight is 165 g/mol. The lowest BCUT2D eigenvalue weighted by Crippen LogP contribution is -2.05. The Kier molecular flexibility index (Phi) is 1.78. The summed E-state index contributed by atoms with van der Waals surface area (Å²) in [4.78, 5) is 0. The highest BCUT2D eigenvalue weighted by molar-refractivity contribution is 7.98. The number of hydrogen-bond acceptors (Lipinski definition) is 2. The van der Waals surface area contributed by atoms with Crippen LogP contribution in [0, 0.1) is 0 Å². The lowest BCUT2D eigenvalue weighted by molar-refractivity contribution is 1.09. The summed E-state index contributed by atoms with van der Waals surface area (Å²) < 4.78 is 0. The van der Waals surface area contributed by atoms with Crippen LogP contribution in [0.1, 0.15) is 11.1 Å². The first-order chi connectivity index (χ1) is 5.38. The maximum atomic E-state index is 5.83. The van der Waals surface area contributed by atoms with E-state index in [1.807, 2.05) is 23.9 Å². The van der Waals surface area contributed by atoms with Gasteiger partial charge in [0, 0.05) is 11.4 Å². The second-order valence-corrected chi connectivity index (χ2v) is 3.89. The van der Waals surface area contributed by atoms with Gasteiger partial charge < -0.3 is 5.73 Å². The fraction of sp³-hybridized carbons (Fsp3) is 0.333. The van der Waals surface area contributed by atoms with Gasteiger partial charge in [-0.05, 0) is 29.4 Å². The number of fused-ring (bicyclic) bond motifs is 1. The molecule has 1 nitrogen and oxygen atoms in total. The van der Waals surface area contributed by atoms with E-state index in [1.165, 1.54) is 23.3 Å². The zero-order chi connectivity index (χ0) is 7.68. The van der Waals surface area contributed by atoms with Crippen molar-refractivity contribution >= 4 is 17.4 Å². The number of hydrogen-bond donors (Lipinski definition) is 1. The van der Waals surface area contributed by atoms with E-state index in [1.54, 1.807) is 0 Å². The Labute approximate surface area is 71.0 Å². The number of nitrogens with two attached hydrogens (primary N) is 1. The van der Waals surface area contributed by atoms with E-state index < -0.39 is 0 Å². The average Bonchev–Trinajstić information content (AvgIpc) is 2.06. The van der Waals surface area contributed by atoms with Crippen LogP contribution < -0.4 is 5.73 Å². The highest BCUT2D eigenvalue weighted by Gasteiger charge is 2.10. The first kappa shape index (κ1) is 7.04. The van der Waals surface area contributed by atoms with E-state index in [2.05, 4.69) is 6.07 Å². The summed E-state index contributed by atoms with van der Waals surface area (Å²) in [6.07, 6.45) is 1.19. The van der Waals surface area contributed by atoms with Crippen LogP contribution in [0.25, 0.3) is 0 Å². The highest BCUT2D eigenvalue weighted by Crippen LogP contribution is 2.28. The minimum Gasteiger partial charge on any atom is -0.398 e.